The number of methoxy groups -OCH3 is 1. The van der Waals surface area contributed by atoms with Gasteiger partial charge in [-0.2, -0.15) is 10.1 Å². The predicted octanol–water partition coefficient (Wildman–Crippen LogP) is 1.39. The van der Waals surface area contributed by atoms with Crippen LogP contribution in [-0.4, -0.2) is 42.0 Å². The molecule has 6 heteroatoms. The zero-order chi connectivity index (χ0) is 12.5. The molecule has 0 aliphatic rings. The molecule has 0 radical (unpaired) electrons. The molecule has 1 heterocycles. The molecule has 0 atom stereocenters. The molecule has 0 aliphatic heterocycles. The molecule has 2 N–H and O–H groups in total. The average Bonchev–Trinajstić information content (AvgIpc) is 2.33. The second-order valence-electron chi connectivity index (χ2n) is 4.21. The topological polar surface area (TPSA) is 72.0 Å². The molecule has 0 saturated carbocycles. The van der Waals surface area contributed by atoms with Crippen LogP contribution in [0.25, 0.3) is 0 Å². The van der Waals surface area contributed by atoms with E-state index in [9.17, 15) is 0 Å². The van der Waals surface area contributed by atoms with Crippen LogP contribution < -0.4 is 10.6 Å². The van der Waals surface area contributed by atoms with Gasteiger partial charge < -0.3 is 15.4 Å². The highest BCUT2D eigenvalue weighted by Crippen LogP contribution is 2.04. The normalized spacial score (nSPS) is 10.6. The average molecular weight is 239 g/mol. The molecule has 0 amide bonds. The molecule has 1 aromatic rings. The zero-order valence-corrected chi connectivity index (χ0v) is 10.7. The predicted molar refractivity (Wildman–Crippen MR) is 68.1 cm³/mol. The van der Waals surface area contributed by atoms with E-state index >= 15 is 0 Å². The van der Waals surface area contributed by atoms with Crippen LogP contribution in [0.3, 0.4) is 0 Å². The van der Waals surface area contributed by atoms with E-state index in [0.717, 1.165) is 31.9 Å². The quantitative estimate of drug-likeness (QED) is 0.668. The second-order valence-corrected chi connectivity index (χ2v) is 4.21. The monoisotopic (exact) mass is 239 g/mol. The molecule has 0 aliphatic carbocycles. The summed E-state index contributed by atoms with van der Waals surface area (Å²) in [4.78, 5) is 4.31. The fraction of sp³-hybridized carbons (Fsp3) is 0.727. The van der Waals surface area contributed by atoms with Gasteiger partial charge in [0.05, 0.1) is 6.20 Å². The Morgan fingerprint density at radius 1 is 1.35 bits per heavy atom. The van der Waals surface area contributed by atoms with Crippen LogP contribution in [0.1, 0.15) is 20.3 Å². The largest absolute Gasteiger partial charge is 0.385 e. The van der Waals surface area contributed by atoms with E-state index in [4.69, 9.17) is 4.74 Å². The number of hydrogen-bond donors (Lipinski definition) is 2. The summed E-state index contributed by atoms with van der Waals surface area (Å²) in [5.74, 6) is 1.86. The van der Waals surface area contributed by atoms with Crippen LogP contribution in [-0.2, 0) is 4.74 Å². The molecule has 0 saturated heterocycles. The molecule has 0 spiro atoms. The van der Waals surface area contributed by atoms with E-state index in [1.165, 1.54) is 0 Å². The Balaban J connectivity index is 2.37. The van der Waals surface area contributed by atoms with Crippen molar-refractivity contribution in [3.8, 4) is 0 Å². The summed E-state index contributed by atoms with van der Waals surface area (Å²) in [5, 5.41) is 14.1. The van der Waals surface area contributed by atoms with Gasteiger partial charge in [-0.05, 0) is 12.3 Å². The van der Waals surface area contributed by atoms with Gasteiger partial charge in [-0.3, -0.25) is 0 Å². The second kappa shape index (κ2) is 7.78. The smallest absolute Gasteiger partial charge is 0.244 e. The number of aromatic nitrogens is 3. The van der Waals surface area contributed by atoms with Crippen molar-refractivity contribution in [3.63, 3.8) is 0 Å². The first-order valence-corrected chi connectivity index (χ1v) is 5.88. The molecule has 0 aromatic carbocycles. The van der Waals surface area contributed by atoms with Crippen molar-refractivity contribution in [2.75, 3.05) is 37.4 Å². The van der Waals surface area contributed by atoms with Gasteiger partial charge in [0.25, 0.3) is 0 Å². The fourth-order valence-corrected chi connectivity index (χ4v) is 1.19. The van der Waals surface area contributed by atoms with Crippen molar-refractivity contribution in [1.82, 2.24) is 15.2 Å². The molecule has 1 aromatic heterocycles. The summed E-state index contributed by atoms with van der Waals surface area (Å²) in [6, 6.07) is 0. The Morgan fingerprint density at radius 2 is 2.18 bits per heavy atom. The van der Waals surface area contributed by atoms with E-state index in [0.29, 0.717) is 11.9 Å². The SMILES string of the molecule is COCCCNc1cnnc(NCC(C)C)n1. The molecule has 17 heavy (non-hydrogen) atoms. The highest BCUT2D eigenvalue weighted by Gasteiger charge is 2.00. The Bertz CT molecular complexity index is 318. The van der Waals surface area contributed by atoms with Crippen molar-refractivity contribution in [2.45, 2.75) is 20.3 Å². The lowest BCUT2D eigenvalue weighted by atomic mass is 10.2. The third kappa shape index (κ3) is 6.01. The Kier molecular flexibility index (Phi) is 6.24. The molecule has 0 bridgehead atoms. The number of nitrogens with one attached hydrogen (secondary N) is 2. The third-order valence-corrected chi connectivity index (χ3v) is 2.06. The van der Waals surface area contributed by atoms with Crippen molar-refractivity contribution in [2.24, 2.45) is 5.92 Å². The van der Waals surface area contributed by atoms with Crippen LogP contribution in [0, 0.1) is 5.92 Å². The van der Waals surface area contributed by atoms with Crippen molar-refractivity contribution < 1.29 is 4.74 Å². The number of anilines is 2. The van der Waals surface area contributed by atoms with E-state index in [1.54, 1.807) is 13.3 Å². The third-order valence-electron chi connectivity index (χ3n) is 2.06. The van der Waals surface area contributed by atoms with Crippen LogP contribution in [0.5, 0.6) is 0 Å². The minimum atomic E-state index is 0.553. The fourth-order valence-electron chi connectivity index (χ4n) is 1.19. The lowest BCUT2D eigenvalue weighted by molar-refractivity contribution is 0.197. The first kappa shape index (κ1) is 13.6. The lowest BCUT2D eigenvalue weighted by Crippen LogP contribution is -2.13. The number of nitrogens with zero attached hydrogens (tertiary/aromatic N) is 3. The highest BCUT2D eigenvalue weighted by atomic mass is 16.5. The van der Waals surface area contributed by atoms with Gasteiger partial charge in [0.15, 0.2) is 5.82 Å². The van der Waals surface area contributed by atoms with E-state index in [1.807, 2.05) is 0 Å². The van der Waals surface area contributed by atoms with Gasteiger partial charge in [0.2, 0.25) is 5.95 Å². The van der Waals surface area contributed by atoms with Crippen molar-refractivity contribution in [3.05, 3.63) is 6.20 Å². The summed E-state index contributed by atoms with van der Waals surface area (Å²) >= 11 is 0. The Labute approximate surface area is 102 Å². The minimum Gasteiger partial charge on any atom is -0.385 e. The number of hydrogen-bond acceptors (Lipinski definition) is 6. The van der Waals surface area contributed by atoms with E-state index in [-0.39, 0.29) is 0 Å². The highest BCUT2D eigenvalue weighted by molar-refractivity contribution is 5.36. The summed E-state index contributed by atoms with van der Waals surface area (Å²) < 4.78 is 4.97. The lowest BCUT2D eigenvalue weighted by Gasteiger charge is -2.08. The van der Waals surface area contributed by atoms with Crippen LogP contribution >= 0.6 is 0 Å². The minimum absolute atomic E-state index is 0.553. The van der Waals surface area contributed by atoms with E-state index in [2.05, 4.69) is 39.7 Å². The molecular formula is C11H21N5O. The molecule has 1 rings (SSSR count). The van der Waals surface area contributed by atoms with E-state index < -0.39 is 0 Å². The van der Waals surface area contributed by atoms with Crippen LogP contribution in [0.2, 0.25) is 0 Å². The molecule has 0 unspecified atom stereocenters. The maximum Gasteiger partial charge on any atom is 0.244 e. The molecule has 6 nitrogen and oxygen atoms in total. The molecule has 0 fully saturated rings. The summed E-state index contributed by atoms with van der Waals surface area (Å²) in [7, 11) is 1.69. The van der Waals surface area contributed by atoms with Crippen LogP contribution in [0.15, 0.2) is 6.20 Å². The maximum atomic E-state index is 4.97. The first-order valence-electron chi connectivity index (χ1n) is 5.88. The van der Waals surface area contributed by atoms with Gasteiger partial charge >= 0.3 is 0 Å². The van der Waals surface area contributed by atoms with Crippen molar-refractivity contribution >= 4 is 11.8 Å². The van der Waals surface area contributed by atoms with Gasteiger partial charge in [-0.15, -0.1) is 5.10 Å². The van der Waals surface area contributed by atoms with Crippen LogP contribution in [0.4, 0.5) is 11.8 Å². The van der Waals surface area contributed by atoms with Gasteiger partial charge in [0.1, 0.15) is 0 Å². The molecular weight excluding hydrogens is 218 g/mol. The first-order chi connectivity index (χ1) is 8.22. The maximum absolute atomic E-state index is 4.97. The molecule has 96 valence electrons. The van der Waals surface area contributed by atoms with Gasteiger partial charge in [-0.1, -0.05) is 13.8 Å². The standard InChI is InChI=1S/C11H21N5O/c1-9(2)7-13-11-15-10(8-14-16-11)12-5-4-6-17-3/h8-9H,4-7H2,1-3H3,(H2,12,13,15,16). The summed E-state index contributed by atoms with van der Waals surface area (Å²) in [6.45, 7) is 6.66. The summed E-state index contributed by atoms with van der Waals surface area (Å²) in [5.41, 5.74) is 0. The number of rotatable bonds is 8. The Morgan fingerprint density at radius 3 is 2.88 bits per heavy atom. The zero-order valence-electron chi connectivity index (χ0n) is 10.7. The summed E-state index contributed by atoms with van der Waals surface area (Å²) in [6.07, 6.45) is 2.56. The van der Waals surface area contributed by atoms with Gasteiger partial charge in [-0.25, -0.2) is 0 Å². The van der Waals surface area contributed by atoms with Crippen molar-refractivity contribution in [1.29, 1.82) is 0 Å². The number of ether oxygens (including phenoxy) is 1. The van der Waals surface area contributed by atoms with Gasteiger partial charge in [0, 0.05) is 26.8 Å². The Hall–Kier alpha value is -1.43.